The zero-order valence-electron chi connectivity index (χ0n) is 19.3. The van der Waals surface area contributed by atoms with E-state index >= 15 is 0 Å². The minimum atomic E-state index is -0.321. The summed E-state index contributed by atoms with van der Waals surface area (Å²) < 4.78 is 0. The van der Waals surface area contributed by atoms with Gasteiger partial charge in [-0.05, 0) is 80.3 Å². The number of carbonyl (C=O) groups is 2. The van der Waals surface area contributed by atoms with Crippen molar-refractivity contribution in [1.82, 2.24) is 0 Å². The fourth-order valence-electron chi connectivity index (χ4n) is 4.65. The maximum atomic E-state index is 13.7. The molecule has 0 unspecified atom stereocenters. The van der Waals surface area contributed by atoms with Crippen LogP contribution in [0, 0.1) is 0 Å². The molecule has 33 heavy (non-hydrogen) atoms. The molecule has 0 spiro atoms. The second kappa shape index (κ2) is 9.80. The Hall–Kier alpha value is -3.11. The summed E-state index contributed by atoms with van der Waals surface area (Å²) in [7, 11) is 0. The van der Waals surface area contributed by atoms with Crippen LogP contribution in [-0.4, -0.2) is 24.4 Å². The lowest BCUT2D eigenvalue weighted by atomic mass is 9.84. The molecule has 5 heteroatoms. The van der Waals surface area contributed by atoms with Crippen LogP contribution in [0.2, 0.25) is 5.02 Å². The molecule has 0 saturated carbocycles. The highest BCUT2D eigenvalue weighted by Gasteiger charge is 2.38. The first-order valence-electron chi connectivity index (χ1n) is 11.5. The van der Waals surface area contributed by atoms with E-state index in [1.54, 1.807) is 17.0 Å². The van der Waals surface area contributed by atoms with Gasteiger partial charge in [-0.25, -0.2) is 0 Å². The predicted octanol–water partition coefficient (Wildman–Crippen LogP) is 6.48. The number of carbonyl (C=O) groups excluding carboxylic acids is 2. The lowest BCUT2D eigenvalue weighted by Gasteiger charge is -2.40. The molecule has 2 amide bonds. The van der Waals surface area contributed by atoms with Crippen molar-refractivity contribution < 1.29 is 9.59 Å². The molecule has 0 saturated heterocycles. The molecule has 0 aromatic heterocycles. The Labute approximate surface area is 200 Å². The van der Waals surface area contributed by atoms with Gasteiger partial charge < -0.3 is 9.80 Å². The third-order valence-corrected chi connectivity index (χ3v) is 6.69. The van der Waals surface area contributed by atoms with Crippen molar-refractivity contribution in [2.75, 3.05) is 16.3 Å². The van der Waals surface area contributed by atoms with E-state index < -0.39 is 0 Å². The largest absolute Gasteiger partial charge is 0.312 e. The summed E-state index contributed by atoms with van der Waals surface area (Å²) in [5.74, 6) is -0.314. The monoisotopic (exact) mass is 460 g/mol. The molecule has 2 atom stereocenters. The van der Waals surface area contributed by atoms with E-state index in [4.69, 9.17) is 11.6 Å². The average molecular weight is 461 g/mol. The first-order valence-corrected chi connectivity index (χ1v) is 11.9. The van der Waals surface area contributed by atoms with Crippen LogP contribution in [0.25, 0.3) is 0 Å². The summed E-state index contributed by atoms with van der Waals surface area (Å²) in [6.07, 6.45) is 1.50. The van der Waals surface area contributed by atoms with Crippen molar-refractivity contribution >= 4 is 34.8 Å². The van der Waals surface area contributed by atoms with Gasteiger partial charge in [-0.1, -0.05) is 48.9 Å². The molecule has 0 fully saturated rings. The maximum absolute atomic E-state index is 13.7. The Bertz CT molecular complexity index is 1140. The highest BCUT2D eigenvalue weighted by Crippen LogP contribution is 2.40. The molecule has 4 rings (SSSR count). The Balaban J connectivity index is 1.68. The summed E-state index contributed by atoms with van der Waals surface area (Å²) >= 11 is 6.05. The van der Waals surface area contributed by atoms with Gasteiger partial charge in [0.15, 0.2) is 0 Å². The van der Waals surface area contributed by atoms with Gasteiger partial charge in [-0.2, -0.15) is 0 Å². The molecule has 1 aliphatic rings. The van der Waals surface area contributed by atoms with Gasteiger partial charge in [0.25, 0.3) is 5.91 Å². The lowest BCUT2D eigenvalue weighted by molar-refractivity contribution is -0.120. The summed E-state index contributed by atoms with van der Waals surface area (Å²) in [6.45, 7) is 6.65. The van der Waals surface area contributed by atoms with Crippen molar-refractivity contribution in [3.63, 3.8) is 0 Å². The zero-order chi connectivity index (χ0) is 23.5. The third kappa shape index (κ3) is 4.53. The van der Waals surface area contributed by atoms with Crippen LogP contribution in [0.5, 0.6) is 0 Å². The minimum absolute atomic E-state index is 0.0337. The van der Waals surface area contributed by atoms with E-state index in [0.29, 0.717) is 23.6 Å². The fraction of sp³-hybridized carbons (Fsp3) is 0.286. The highest BCUT2D eigenvalue weighted by molar-refractivity contribution is 6.30. The van der Waals surface area contributed by atoms with Gasteiger partial charge in [-0.15, -0.1) is 0 Å². The van der Waals surface area contributed by atoms with Crippen LogP contribution in [0.4, 0.5) is 11.4 Å². The van der Waals surface area contributed by atoms with Gasteiger partial charge in [0.1, 0.15) is 0 Å². The number of benzene rings is 3. The number of amides is 2. The third-order valence-electron chi connectivity index (χ3n) is 6.44. The highest BCUT2D eigenvalue weighted by atomic mass is 35.5. The summed E-state index contributed by atoms with van der Waals surface area (Å²) in [5.41, 5.74) is 4.39. The average Bonchev–Trinajstić information content (AvgIpc) is 2.84. The number of anilines is 2. The van der Waals surface area contributed by atoms with Crippen molar-refractivity contribution in [1.29, 1.82) is 0 Å². The SMILES string of the molecule is CCc1ccc(C(=O)N2c3ccccc3[C@@H](C(=O)N(CC)c3ccc(Cl)cc3)C[C@@H]2C)cc1. The normalized spacial score (nSPS) is 17.4. The Morgan fingerprint density at radius 1 is 0.970 bits per heavy atom. The summed E-state index contributed by atoms with van der Waals surface area (Å²) in [6, 6.07) is 22.8. The summed E-state index contributed by atoms with van der Waals surface area (Å²) in [5, 5.41) is 0.639. The molecule has 0 bridgehead atoms. The smallest absolute Gasteiger partial charge is 0.258 e. The number of rotatable bonds is 5. The summed E-state index contributed by atoms with van der Waals surface area (Å²) in [4.78, 5) is 30.9. The molecule has 1 aliphatic heterocycles. The van der Waals surface area contributed by atoms with Gasteiger partial charge in [0.2, 0.25) is 5.91 Å². The molecule has 3 aromatic carbocycles. The number of halogens is 1. The van der Waals surface area contributed by atoms with Gasteiger partial charge in [0, 0.05) is 34.5 Å². The first-order chi connectivity index (χ1) is 15.9. The molecule has 1 heterocycles. The number of aryl methyl sites for hydroxylation is 1. The van der Waals surface area contributed by atoms with Crippen LogP contribution in [0.3, 0.4) is 0 Å². The number of likely N-dealkylation sites (N-methyl/N-ethyl adjacent to an activating group) is 1. The van der Waals surface area contributed by atoms with Crippen molar-refractivity contribution in [3.05, 3.63) is 94.5 Å². The van der Waals surface area contributed by atoms with E-state index in [1.807, 2.05) is 79.4 Å². The molecule has 0 aliphatic carbocycles. The molecule has 4 nitrogen and oxygen atoms in total. The van der Waals surface area contributed by atoms with Crippen molar-refractivity contribution in [3.8, 4) is 0 Å². The number of hydrogen-bond donors (Lipinski definition) is 0. The fourth-order valence-corrected chi connectivity index (χ4v) is 4.78. The predicted molar refractivity (Wildman–Crippen MR) is 135 cm³/mol. The topological polar surface area (TPSA) is 40.6 Å². The molecule has 0 radical (unpaired) electrons. The number of para-hydroxylation sites is 1. The number of nitrogens with zero attached hydrogens (tertiary/aromatic N) is 2. The lowest BCUT2D eigenvalue weighted by Crippen LogP contribution is -2.46. The molecular weight excluding hydrogens is 432 g/mol. The quantitative estimate of drug-likeness (QED) is 0.437. The van der Waals surface area contributed by atoms with Crippen LogP contribution in [0.15, 0.2) is 72.8 Å². The van der Waals surface area contributed by atoms with Crippen LogP contribution < -0.4 is 9.80 Å². The molecule has 0 N–H and O–H groups in total. The molecular formula is C28H29ClN2O2. The second-order valence-corrected chi connectivity index (χ2v) is 8.92. The van der Waals surface area contributed by atoms with Crippen LogP contribution in [0.1, 0.15) is 54.6 Å². The van der Waals surface area contributed by atoms with Crippen LogP contribution in [-0.2, 0) is 11.2 Å². The van der Waals surface area contributed by atoms with E-state index in [-0.39, 0.29) is 23.8 Å². The van der Waals surface area contributed by atoms with Crippen molar-refractivity contribution in [2.24, 2.45) is 0 Å². The van der Waals surface area contributed by atoms with Gasteiger partial charge >= 0.3 is 0 Å². The van der Waals surface area contributed by atoms with E-state index in [1.165, 1.54) is 5.56 Å². The van der Waals surface area contributed by atoms with Gasteiger partial charge in [-0.3, -0.25) is 9.59 Å². The Morgan fingerprint density at radius 2 is 1.64 bits per heavy atom. The zero-order valence-corrected chi connectivity index (χ0v) is 20.0. The van der Waals surface area contributed by atoms with Crippen LogP contribution >= 0.6 is 11.6 Å². The number of fused-ring (bicyclic) bond motifs is 1. The van der Waals surface area contributed by atoms with E-state index in [2.05, 4.69) is 6.92 Å². The van der Waals surface area contributed by atoms with E-state index in [0.717, 1.165) is 23.4 Å². The second-order valence-electron chi connectivity index (χ2n) is 8.48. The maximum Gasteiger partial charge on any atom is 0.258 e. The Kier molecular flexibility index (Phi) is 6.85. The van der Waals surface area contributed by atoms with Gasteiger partial charge in [0.05, 0.1) is 5.92 Å². The van der Waals surface area contributed by atoms with Crippen molar-refractivity contribution in [2.45, 2.75) is 45.6 Å². The minimum Gasteiger partial charge on any atom is -0.312 e. The standard InChI is InChI=1S/C28H29ClN2O2/c1-4-20-10-12-21(13-11-20)27(32)31-19(3)18-25(24-8-6-7-9-26(24)31)28(33)30(5-2)23-16-14-22(29)15-17-23/h6-17,19,25H,4-5,18H2,1-3H3/t19-,25-/m0/s1. The first kappa shape index (κ1) is 23.1. The molecule has 170 valence electrons. The number of hydrogen-bond acceptors (Lipinski definition) is 2. The molecule has 3 aromatic rings. The van der Waals surface area contributed by atoms with E-state index in [9.17, 15) is 9.59 Å². The Morgan fingerprint density at radius 3 is 2.27 bits per heavy atom.